The Morgan fingerprint density at radius 1 is 1.33 bits per heavy atom. The molecule has 0 bridgehead atoms. The minimum Gasteiger partial charge on any atom is -0.483 e. The maximum Gasteiger partial charge on any atom is 0.307 e. The Kier molecular flexibility index (Phi) is 6.61. The minimum absolute atomic E-state index is 0.141. The molecule has 0 heterocycles. The predicted octanol–water partition coefficient (Wildman–Crippen LogP) is 0.721. The number of rotatable bonds is 7. The van der Waals surface area contributed by atoms with Gasteiger partial charge in [-0.2, -0.15) is 0 Å². The second kappa shape index (κ2) is 8.21. The van der Waals surface area contributed by atoms with Gasteiger partial charge in [-0.05, 0) is 12.1 Å². The number of esters is 1. The molecule has 0 spiro atoms. The fourth-order valence-electron chi connectivity index (χ4n) is 1.53. The Balaban J connectivity index is 2.53. The second-order valence-corrected chi connectivity index (χ2v) is 4.73. The quantitative estimate of drug-likeness (QED) is 0.590. The predicted molar refractivity (Wildman–Crippen MR) is 82.1 cm³/mol. The highest BCUT2D eigenvalue weighted by atomic mass is 32.1. The van der Waals surface area contributed by atoms with Crippen LogP contribution in [0.15, 0.2) is 24.3 Å². The van der Waals surface area contributed by atoms with Crippen LogP contribution in [0.3, 0.4) is 0 Å². The molecule has 7 heteroatoms. The second-order valence-electron chi connectivity index (χ2n) is 4.29. The Morgan fingerprint density at radius 3 is 2.62 bits per heavy atom. The average molecular weight is 310 g/mol. The SMILES string of the molecule is COC(=O)CCN(C)C(=O)COc1ccccc1C(N)=S. The number of benzene rings is 1. The lowest BCUT2D eigenvalue weighted by atomic mass is 10.2. The highest BCUT2D eigenvalue weighted by molar-refractivity contribution is 7.80. The van der Waals surface area contributed by atoms with Crippen molar-refractivity contribution in [3.05, 3.63) is 29.8 Å². The van der Waals surface area contributed by atoms with E-state index >= 15 is 0 Å². The van der Waals surface area contributed by atoms with E-state index < -0.39 is 0 Å². The normalized spacial score (nSPS) is 9.81. The van der Waals surface area contributed by atoms with Crippen molar-refractivity contribution in [2.24, 2.45) is 5.73 Å². The molecule has 0 aliphatic rings. The van der Waals surface area contributed by atoms with Gasteiger partial charge in [0.25, 0.3) is 5.91 Å². The third kappa shape index (κ3) is 5.39. The van der Waals surface area contributed by atoms with Gasteiger partial charge in [-0.25, -0.2) is 0 Å². The Morgan fingerprint density at radius 2 is 2.00 bits per heavy atom. The topological polar surface area (TPSA) is 81.9 Å². The first-order chi connectivity index (χ1) is 9.95. The third-order valence-corrected chi connectivity index (χ3v) is 3.03. The number of methoxy groups -OCH3 is 1. The molecule has 1 aromatic carbocycles. The molecule has 0 aliphatic carbocycles. The largest absolute Gasteiger partial charge is 0.483 e. The van der Waals surface area contributed by atoms with Crippen molar-refractivity contribution < 1.29 is 19.1 Å². The van der Waals surface area contributed by atoms with Gasteiger partial charge in [0.2, 0.25) is 0 Å². The minimum atomic E-state index is -0.366. The number of thiocarbonyl (C=S) groups is 1. The Bertz CT molecular complexity index is 533. The summed E-state index contributed by atoms with van der Waals surface area (Å²) >= 11 is 4.92. The molecular formula is C14H18N2O4S. The number of amides is 1. The highest BCUT2D eigenvalue weighted by Gasteiger charge is 2.13. The summed E-state index contributed by atoms with van der Waals surface area (Å²) in [7, 11) is 2.90. The molecule has 0 saturated carbocycles. The molecule has 1 rings (SSSR count). The van der Waals surface area contributed by atoms with Crippen LogP contribution >= 0.6 is 12.2 Å². The number of carbonyl (C=O) groups is 2. The van der Waals surface area contributed by atoms with Crippen molar-refractivity contribution in [1.82, 2.24) is 4.90 Å². The van der Waals surface area contributed by atoms with E-state index in [4.69, 9.17) is 22.7 Å². The summed E-state index contributed by atoms with van der Waals surface area (Å²) in [5.41, 5.74) is 6.16. The van der Waals surface area contributed by atoms with Gasteiger partial charge in [0.15, 0.2) is 6.61 Å². The van der Waals surface area contributed by atoms with Gasteiger partial charge >= 0.3 is 5.97 Å². The van der Waals surface area contributed by atoms with E-state index in [-0.39, 0.29) is 36.4 Å². The van der Waals surface area contributed by atoms with Crippen LogP contribution in [-0.2, 0) is 14.3 Å². The van der Waals surface area contributed by atoms with Crippen LogP contribution in [0.4, 0.5) is 0 Å². The standard InChI is InChI=1S/C14H18N2O4S/c1-16(8-7-13(18)19-2)12(17)9-20-11-6-4-3-5-10(11)14(15)21/h3-6H,7-9H2,1-2H3,(H2,15,21). The summed E-state index contributed by atoms with van der Waals surface area (Å²) in [6.07, 6.45) is 0.141. The molecule has 6 nitrogen and oxygen atoms in total. The van der Waals surface area contributed by atoms with Crippen LogP contribution < -0.4 is 10.5 Å². The van der Waals surface area contributed by atoms with Crippen LogP contribution in [0.5, 0.6) is 5.75 Å². The van der Waals surface area contributed by atoms with Crippen LogP contribution in [0, 0.1) is 0 Å². The monoisotopic (exact) mass is 310 g/mol. The number of likely N-dealkylation sites (N-methyl/N-ethyl adjacent to an activating group) is 1. The smallest absolute Gasteiger partial charge is 0.307 e. The van der Waals surface area contributed by atoms with Crippen molar-refractivity contribution >= 4 is 29.1 Å². The number of nitrogens with two attached hydrogens (primary N) is 1. The summed E-state index contributed by atoms with van der Waals surface area (Å²) in [6, 6.07) is 6.97. The van der Waals surface area contributed by atoms with Gasteiger partial charge in [-0.1, -0.05) is 24.4 Å². The van der Waals surface area contributed by atoms with Crippen molar-refractivity contribution in [3.63, 3.8) is 0 Å². The van der Waals surface area contributed by atoms with Gasteiger partial charge in [-0.15, -0.1) is 0 Å². The molecule has 1 aromatic rings. The van der Waals surface area contributed by atoms with Crippen molar-refractivity contribution in [2.75, 3.05) is 27.3 Å². The van der Waals surface area contributed by atoms with E-state index in [1.165, 1.54) is 12.0 Å². The van der Waals surface area contributed by atoms with Crippen LogP contribution in [0.25, 0.3) is 0 Å². The summed E-state index contributed by atoms with van der Waals surface area (Å²) in [5, 5.41) is 0. The Hall–Kier alpha value is -2.15. The first-order valence-electron chi connectivity index (χ1n) is 6.28. The molecule has 2 N–H and O–H groups in total. The molecule has 114 valence electrons. The zero-order valence-electron chi connectivity index (χ0n) is 12.0. The maximum atomic E-state index is 11.9. The number of carbonyl (C=O) groups excluding carboxylic acids is 2. The molecule has 0 atom stereocenters. The Labute approximate surface area is 128 Å². The molecule has 0 saturated heterocycles. The highest BCUT2D eigenvalue weighted by Crippen LogP contribution is 2.17. The molecule has 0 fully saturated rings. The number of hydrogen-bond acceptors (Lipinski definition) is 5. The van der Waals surface area contributed by atoms with Crippen LogP contribution in [-0.4, -0.2) is 49.1 Å². The van der Waals surface area contributed by atoms with Gasteiger partial charge in [0, 0.05) is 13.6 Å². The van der Waals surface area contributed by atoms with Crippen LogP contribution in [0.1, 0.15) is 12.0 Å². The lowest BCUT2D eigenvalue weighted by Crippen LogP contribution is -2.33. The first-order valence-corrected chi connectivity index (χ1v) is 6.69. The molecule has 1 amide bonds. The molecule has 0 aromatic heterocycles. The van der Waals surface area contributed by atoms with Crippen molar-refractivity contribution in [1.29, 1.82) is 0 Å². The zero-order chi connectivity index (χ0) is 15.8. The molecular weight excluding hydrogens is 292 g/mol. The summed E-state index contributed by atoms with van der Waals surface area (Å²) in [4.78, 5) is 24.5. The van der Waals surface area contributed by atoms with E-state index in [2.05, 4.69) is 4.74 Å². The molecule has 0 radical (unpaired) electrons. The maximum absolute atomic E-state index is 11.9. The third-order valence-electron chi connectivity index (χ3n) is 2.81. The summed E-state index contributed by atoms with van der Waals surface area (Å²) < 4.78 is 9.95. The molecule has 0 aliphatic heterocycles. The van der Waals surface area contributed by atoms with Crippen molar-refractivity contribution in [3.8, 4) is 5.75 Å². The lowest BCUT2D eigenvalue weighted by molar-refractivity contribution is -0.141. The lowest BCUT2D eigenvalue weighted by Gasteiger charge is -2.17. The van der Waals surface area contributed by atoms with E-state index in [1.54, 1.807) is 31.3 Å². The number of ether oxygens (including phenoxy) is 2. The number of nitrogens with zero attached hydrogens (tertiary/aromatic N) is 1. The fraction of sp³-hybridized carbons (Fsp3) is 0.357. The van der Waals surface area contributed by atoms with Crippen molar-refractivity contribution in [2.45, 2.75) is 6.42 Å². The van der Waals surface area contributed by atoms with E-state index in [9.17, 15) is 9.59 Å². The first kappa shape index (κ1) is 16.9. The van der Waals surface area contributed by atoms with Gasteiger partial charge in [0.05, 0.1) is 19.1 Å². The van der Waals surface area contributed by atoms with Gasteiger partial charge in [0.1, 0.15) is 10.7 Å². The van der Waals surface area contributed by atoms with Gasteiger partial charge < -0.3 is 20.1 Å². The zero-order valence-corrected chi connectivity index (χ0v) is 12.8. The van der Waals surface area contributed by atoms with E-state index in [0.29, 0.717) is 11.3 Å². The van der Waals surface area contributed by atoms with Gasteiger partial charge in [-0.3, -0.25) is 9.59 Å². The molecule has 0 unspecified atom stereocenters. The summed E-state index contributed by atoms with van der Waals surface area (Å²) in [6.45, 7) is 0.114. The molecule has 21 heavy (non-hydrogen) atoms. The van der Waals surface area contributed by atoms with E-state index in [1.807, 2.05) is 0 Å². The summed E-state index contributed by atoms with van der Waals surface area (Å²) in [5.74, 6) is -0.161. The van der Waals surface area contributed by atoms with Crippen LogP contribution in [0.2, 0.25) is 0 Å². The fourth-order valence-corrected chi connectivity index (χ4v) is 1.70. The number of hydrogen-bond donors (Lipinski definition) is 1. The van der Waals surface area contributed by atoms with E-state index in [0.717, 1.165) is 0 Å². The number of para-hydroxylation sites is 1. The average Bonchev–Trinajstić information content (AvgIpc) is 2.49.